The highest BCUT2D eigenvalue weighted by Gasteiger charge is 2.37. The van der Waals surface area contributed by atoms with Crippen molar-refractivity contribution >= 4 is 21.8 Å². The van der Waals surface area contributed by atoms with Crippen LogP contribution in [0.2, 0.25) is 0 Å². The molecule has 0 aliphatic carbocycles. The van der Waals surface area contributed by atoms with E-state index in [-0.39, 0.29) is 23.0 Å². The maximum absolute atomic E-state index is 14.4. The van der Waals surface area contributed by atoms with Crippen LogP contribution in [0.5, 0.6) is 0 Å². The Morgan fingerprint density at radius 2 is 0.791 bits per heavy atom. The minimum absolute atomic E-state index is 0.127. The summed E-state index contributed by atoms with van der Waals surface area (Å²) in [5.74, 6) is 1.01. The topological polar surface area (TPSA) is 43.6 Å². The lowest BCUT2D eigenvalue weighted by molar-refractivity contribution is -0.143. The van der Waals surface area contributed by atoms with Crippen LogP contribution in [0.25, 0.3) is 95.0 Å². The van der Waals surface area contributed by atoms with Crippen molar-refractivity contribution in [1.29, 1.82) is 0 Å². The molecule has 10 rings (SSSR count). The van der Waals surface area contributed by atoms with E-state index in [2.05, 4.69) is 86.6 Å². The molecular formula is C57H40F6N4. The normalized spacial score (nSPS) is 12.0. The third-order valence-corrected chi connectivity index (χ3v) is 12.3. The van der Waals surface area contributed by atoms with Gasteiger partial charge in [0.15, 0.2) is 17.5 Å². The zero-order valence-corrected chi connectivity index (χ0v) is 36.7. The van der Waals surface area contributed by atoms with Gasteiger partial charge in [-0.05, 0) is 115 Å². The lowest BCUT2D eigenvalue weighted by atomic mass is 9.96. The van der Waals surface area contributed by atoms with Crippen LogP contribution in [0.4, 0.5) is 26.3 Å². The summed E-state index contributed by atoms with van der Waals surface area (Å²) in [5, 5.41) is 1.77. The summed E-state index contributed by atoms with van der Waals surface area (Å²) < 4.78 is 88.5. The van der Waals surface area contributed by atoms with Gasteiger partial charge in [-0.2, -0.15) is 26.3 Å². The molecular weight excluding hydrogens is 855 g/mol. The van der Waals surface area contributed by atoms with Crippen LogP contribution in [0.15, 0.2) is 170 Å². The lowest BCUT2D eigenvalue weighted by Crippen LogP contribution is -2.11. The summed E-state index contributed by atoms with van der Waals surface area (Å²) in [5.41, 5.74) is 9.13. The first-order chi connectivity index (χ1) is 32.1. The highest BCUT2D eigenvalue weighted by molar-refractivity contribution is 6.12. The Labute approximate surface area is 382 Å². The molecule has 67 heavy (non-hydrogen) atoms. The zero-order chi connectivity index (χ0) is 46.8. The van der Waals surface area contributed by atoms with E-state index in [1.807, 2.05) is 79.1 Å². The Morgan fingerprint density at radius 3 is 1.24 bits per heavy atom. The van der Waals surface area contributed by atoms with Gasteiger partial charge in [0.05, 0.1) is 27.8 Å². The fraction of sp³-hybridized carbons (Fsp3) is 0.105. The average Bonchev–Trinajstić information content (AvgIpc) is 3.63. The van der Waals surface area contributed by atoms with Gasteiger partial charge in [-0.3, -0.25) is 0 Å². The monoisotopic (exact) mass is 894 g/mol. The summed E-state index contributed by atoms with van der Waals surface area (Å²) in [4.78, 5) is 15.0. The van der Waals surface area contributed by atoms with E-state index in [0.29, 0.717) is 22.9 Å². The lowest BCUT2D eigenvalue weighted by Gasteiger charge is -2.18. The van der Waals surface area contributed by atoms with Crippen molar-refractivity contribution in [3.05, 3.63) is 203 Å². The van der Waals surface area contributed by atoms with Gasteiger partial charge in [-0.1, -0.05) is 139 Å². The second-order valence-corrected chi connectivity index (χ2v) is 17.0. The van der Waals surface area contributed by atoms with Crippen LogP contribution in [0.1, 0.15) is 33.4 Å². The van der Waals surface area contributed by atoms with E-state index >= 15 is 0 Å². The Morgan fingerprint density at radius 1 is 0.358 bits per heavy atom. The fourth-order valence-electron chi connectivity index (χ4n) is 9.02. The Hall–Kier alpha value is -7.85. The number of hydrogen-bond donors (Lipinski definition) is 0. The largest absolute Gasteiger partial charge is 0.416 e. The standard InChI is InChI=1S/C57H40F6N4/c1-33-15-20-45(35(3)25-33)40-18-22-47-48-23-19-41(46-21-16-34(2)26-36(46)4)31-51(48)67(50(47)30-40)52-29-39(42-27-43(56(58,59)60)32-44(28-42)57(61,62)63)17-24-49(52)55-65-53(37-11-7-5-8-12-37)64-54(66-55)38-13-9-6-10-14-38/h5-32H,1-4H3. The van der Waals surface area contributed by atoms with Crippen LogP contribution in [-0.4, -0.2) is 19.5 Å². The van der Waals surface area contributed by atoms with Gasteiger partial charge in [-0.25, -0.2) is 15.0 Å². The highest BCUT2D eigenvalue weighted by Crippen LogP contribution is 2.44. The molecule has 0 fully saturated rings. The predicted molar refractivity (Wildman–Crippen MR) is 256 cm³/mol. The second-order valence-electron chi connectivity index (χ2n) is 17.0. The van der Waals surface area contributed by atoms with Gasteiger partial charge in [-0.15, -0.1) is 0 Å². The van der Waals surface area contributed by atoms with Crippen molar-refractivity contribution in [1.82, 2.24) is 19.5 Å². The molecule has 0 atom stereocenters. The van der Waals surface area contributed by atoms with Crippen LogP contribution in [0.3, 0.4) is 0 Å². The van der Waals surface area contributed by atoms with E-state index < -0.39 is 23.5 Å². The number of benzene rings is 8. The van der Waals surface area contributed by atoms with E-state index in [0.717, 1.165) is 89.6 Å². The average molecular weight is 895 g/mol. The first-order valence-electron chi connectivity index (χ1n) is 21.6. The quantitative estimate of drug-likeness (QED) is 0.150. The number of hydrogen-bond acceptors (Lipinski definition) is 3. The third-order valence-electron chi connectivity index (χ3n) is 12.3. The number of fused-ring (bicyclic) bond motifs is 3. The molecule has 0 spiro atoms. The number of aromatic nitrogens is 4. The van der Waals surface area contributed by atoms with Crippen molar-refractivity contribution in [2.75, 3.05) is 0 Å². The Bertz CT molecular complexity index is 3340. The van der Waals surface area contributed by atoms with Gasteiger partial charge in [0.25, 0.3) is 0 Å². The van der Waals surface area contributed by atoms with Gasteiger partial charge in [0, 0.05) is 27.5 Å². The fourth-order valence-corrected chi connectivity index (χ4v) is 9.02. The molecule has 0 aliphatic heterocycles. The van der Waals surface area contributed by atoms with Crippen LogP contribution >= 0.6 is 0 Å². The molecule has 2 heterocycles. The van der Waals surface area contributed by atoms with Gasteiger partial charge in [0.2, 0.25) is 0 Å². The van der Waals surface area contributed by atoms with Gasteiger partial charge in [0.1, 0.15) is 0 Å². The van der Waals surface area contributed by atoms with E-state index in [9.17, 15) is 26.3 Å². The molecule has 0 amide bonds. The summed E-state index contributed by atoms with van der Waals surface area (Å²) in [6.45, 7) is 8.18. The minimum atomic E-state index is -5.05. The molecule has 4 nitrogen and oxygen atoms in total. The highest BCUT2D eigenvalue weighted by atomic mass is 19.4. The smallest absolute Gasteiger partial charge is 0.308 e. The minimum Gasteiger partial charge on any atom is -0.308 e. The molecule has 0 aliphatic rings. The Balaban J connectivity index is 1.34. The number of halogens is 6. The van der Waals surface area contributed by atoms with Crippen molar-refractivity contribution in [3.63, 3.8) is 0 Å². The maximum atomic E-state index is 14.4. The summed E-state index contributed by atoms with van der Waals surface area (Å²) >= 11 is 0. The molecule has 8 aromatic carbocycles. The van der Waals surface area contributed by atoms with Crippen molar-refractivity contribution in [2.24, 2.45) is 0 Å². The molecule has 0 bridgehead atoms. The predicted octanol–water partition coefficient (Wildman–Crippen LogP) is 16.2. The molecule has 0 N–H and O–H groups in total. The summed E-state index contributed by atoms with van der Waals surface area (Å²) in [7, 11) is 0. The van der Waals surface area contributed by atoms with Crippen molar-refractivity contribution < 1.29 is 26.3 Å². The molecule has 330 valence electrons. The van der Waals surface area contributed by atoms with Crippen LogP contribution in [-0.2, 0) is 12.4 Å². The molecule has 0 radical (unpaired) electrons. The molecule has 2 aromatic heterocycles. The molecule has 0 saturated heterocycles. The summed E-state index contributed by atoms with van der Waals surface area (Å²) in [6, 6.07) is 50.3. The van der Waals surface area contributed by atoms with Gasteiger partial charge >= 0.3 is 12.4 Å². The second kappa shape index (κ2) is 16.5. The van der Waals surface area contributed by atoms with E-state index in [4.69, 9.17) is 15.0 Å². The number of alkyl halides is 6. The number of rotatable bonds is 7. The first kappa shape index (κ1) is 43.1. The summed E-state index contributed by atoms with van der Waals surface area (Å²) in [6.07, 6.45) is -10.1. The molecule has 10 heteroatoms. The van der Waals surface area contributed by atoms with E-state index in [1.54, 1.807) is 12.1 Å². The van der Waals surface area contributed by atoms with Crippen LogP contribution in [0, 0.1) is 27.7 Å². The zero-order valence-electron chi connectivity index (χ0n) is 36.7. The van der Waals surface area contributed by atoms with Crippen molar-refractivity contribution in [2.45, 2.75) is 40.0 Å². The number of nitrogens with zero attached hydrogens (tertiary/aromatic N) is 4. The van der Waals surface area contributed by atoms with Gasteiger partial charge < -0.3 is 4.57 Å². The van der Waals surface area contributed by atoms with Crippen molar-refractivity contribution in [3.8, 4) is 73.2 Å². The first-order valence-corrected chi connectivity index (χ1v) is 21.6. The molecule has 0 unspecified atom stereocenters. The molecule has 0 saturated carbocycles. The van der Waals surface area contributed by atoms with Crippen LogP contribution < -0.4 is 0 Å². The molecule has 10 aromatic rings. The number of aryl methyl sites for hydroxylation is 4. The van der Waals surface area contributed by atoms with E-state index in [1.165, 1.54) is 6.07 Å². The SMILES string of the molecule is Cc1ccc(-c2ccc3c4ccc(-c5ccc(C)cc5C)cc4n(-c4cc(-c5cc(C(F)(F)F)cc(C(F)(F)F)c5)ccc4-c4nc(-c5ccccc5)nc(-c5ccccc5)n4)c3c2)c(C)c1. The Kier molecular flexibility index (Phi) is 10.6. The maximum Gasteiger partial charge on any atom is 0.416 e. The third kappa shape index (κ3) is 8.24.